The Hall–Kier alpha value is -2.35. The van der Waals surface area contributed by atoms with E-state index in [1.54, 1.807) is 24.3 Å². The van der Waals surface area contributed by atoms with Crippen LogP contribution in [0.2, 0.25) is 15.1 Å². The third-order valence-electron chi connectivity index (χ3n) is 5.60. The highest BCUT2D eigenvalue weighted by molar-refractivity contribution is 7.80. The molecule has 3 aromatic carbocycles. The number of nitrogens with one attached hydrogen (secondary N) is 2. The van der Waals surface area contributed by atoms with Gasteiger partial charge in [-0.2, -0.15) is 0 Å². The molecule has 0 unspecified atom stereocenters. The minimum Gasteiger partial charge on any atom is -0.368 e. The molecule has 0 bridgehead atoms. The first kappa shape index (κ1) is 24.8. The van der Waals surface area contributed by atoms with Gasteiger partial charge in [-0.3, -0.25) is 15.0 Å². The zero-order valence-corrected chi connectivity index (χ0v) is 21.3. The Morgan fingerprint density at radius 1 is 0.882 bits per heavy atom. The number of hydrogen-bond donors (Lipinski definition) is 2. The lowest BCUT2D eigenvalue weighted by molar-refractivity contribution is 0.0977. The number of benzene rings is 3. The van der Waals surface area contributed by atoms with Crippen LogP contribution < -0.4 is 15.5 Å². The van der Waals surface area contributed by atoms with Gasteiger partial charge in [0.15, 0.2) is 5.11 Å². The lowest BCUT2D eigenvalue weighted by Crippen LogP contribution is -2.46. The maximum absolute atomic E-state index is 12.3. The summed E-state index contributed by atoms with van der Waals surface area (Å²) in [5.74, 6) is -0.313. The van der Waals surface area contributed by atoms with Gasteiger partial charge in [0.1, 0.15) is 0 Å². The van der Waals surface area contributed by atoms with E-state index in [9.17, 15) is 4.79 Å². The van der Waals surface area contributed by atoms with Gasteiger partial charge in [-0.25, -0.2) is 0 Å². The van der Waals surface area contributed by atoms with E-state index in [4.69, 9.17) is 47.0 Å². The van der Waals surface area contributed by atoms with E-state index in [-0.39, 0.29) is 11.0 Å². The second-order valence-electron chi connectivity index (χ2n) is 7.94. The fraction of sp³-hybridized carbons (Fsp3) is 0.200. The molecule has 0 spiro atoms. The van der Waals surface area contributed by atoms with Crippen molar-refractivity contribution >= 4 is 69.4 Å². The van der Waals surface area contributed by atoms with E-state index >= 15 is 0 Å². The van der Waals surface area contributed by atoms with Crippen molar-refractivity contribution < 1.29 is 4.79 Å². The third kappa shape index (κ3) is 6.40. The molecule has 0 radical (unpaired) electrons. The van der Waals surface area contributed by atoms with Gasteiger partial charge < -0.3 is 10.2 Å². The van der Waals surface area contributed by atoms with Gasteiger partial charge in [-0.05, 0) is 66.3 Å². The molecule has 3 aromatic rings. The smallest absolute Gasteiger partial charge is 0.257 e. The number of anilines is 2. The first-order chi connectivity index (χ1) is 16.4. The lowest BCUT2D eigenvalue weighted by atomic mass is 10.2. The summed E-state index contributed by atoms with van der Waals surface area (Å²) in [5.41, 5.74) is 3.29. The van der Waals surface area contributed by atoms with E-state index in [1.165, 1.54) is 0 Å². The second kappa shape index (κ2) is 11.4. The SMILES string of the molecule is O=C(NC(=S)Nc1ccc(N2CCN(Cc3ccccc3Cl)CC2)c(Cl)c1)c1ccc(Cl)cc1. The van der Waals surface area contributed by atoms with E-state index in [0.717, 1.165) is 49.0 Å². The number of hydrogen-bond acceptors (Lipinski definition) is 4. The van der Waals surface area contributed by atoms with Gasteiger partial charge in [0, 0.05) is 54.0 Å². The minimum atomic E-state index is -0.313. The Morgan fingerprint density at radius 2 is 1.59 bits per heavy atom. The molecule has 1 heterocycles. The van der Waals surface area contributed by atoms with Crippen molar-refractivity contribution in [3.8, 4) is 0 Å². The fourth-order valence-electron chi connectivity index (χ4n) is 3.79. The molecular formula is C25H23Cl3N4OS. The monoisotopic (exact) mass is 532 g/mol. The molecule has 1 aliphatic heterocycles. The zero-order chi connectivity index (χ0) is 24.1. The van der Waals surface area contributed by atoms with Crippen molar-refractivity contribution in [2.24, 2.45) is 0 Å². The molecule has 4 rings (SSSR count). The van der Waals surface area contributed by atoms with Crippen molar-refractivity contribution in [2.75, 3.05) is 36.4 Å². The molecule has 176 valence electrons. The summed E-state index contributed by atoms with van der Waals surface area (Å²) in [4.78, 5) is 17.0. The highest BCUT2D eigenvalue weighted by Gasteiger charge is 2.20. The molecule has 0 saturated carbocycles. The largest absolute Gasteiger partial charge is 0.368 e. The van der Waals surface area contributed by atoms with Crippen LogP contribution in [0.1, 0.15) is 15.9 Å². The van der Waals surface area contributed by atoms with Crippen LogP contribution in [0.25, 0.3) is 0 Å². The quantitative estimate of drug-likeness (QED) is 0.388. The maximum Gasteiger partial charge on any atom is 0.257 e. The standard InChI is InChI=1S/C25H23Cl3N4OS/c26-19-7-5-17(6-8-19)24(33)30-25(34)29-20-9-10-23(22(28)15-20)32-13-11-31(12-14-32)16-18-3-1-2-4-21(18)27/h1-10,15H,11-14,16H2,(H2,29,30,33,34). The normalized spacial score (nSPS) is 14.0. The topological polar surface area (TPSA) is 47.6 Å². The van der Waals surface area contributed by atoms with Crippen LogP contribution in [0.3, 0.4) is 0 Å². The molecule has 9 heteroatoms. The van der Waals surface area contributed by atoms with Crippen molar-refractivity contribution in [1.82, 2.24) is 10.2 Å². The summed E-state index contributed by atoms with van der Waals surface area (Å²) in [7, 11) is 0. The summed E-state index contributed by atoms with van der Waals surface area (Å²) in [6.45, 7) is 4.41. The van der Waals surface area contributed by atoms with E-state index < -0.39 is 0 Å². The summed E-state index contributed by atoms with van der Waals surface area (Å²) in [6, 6.07) is 20.2. The number of piperazine rings is 1. The second-order valence-corrected chi connectivity index (χ2v) is 9.60. The van der Waals surface area contributed by atoms with Crippen LogP contribution in [-0.4, -0.2) is 42.1 Å². The summed E-state index contributed by atoms with van der Waals surface area (Å²) in [5, 5.41) is 7.86. The molecule has 1 fully saturated rings. The van der Waals surface area contributed by atoms with E-state index in [1.807, 2.05) is 36.4 Å². The van der Waals surface area contributed by atoms with Crippen LogP contribution in [-0.2, 0) is 6.54 Å². The van der Waals surface area contributed by atoms with Crippen molar-refractivity contribution in [3.05, 3.63) is 92.9 Å². The van der Waals surface area contributed by atoms with Gasteiger partial charge >= 0.3 is 0 Å². The van der Waals surface area contributed by atoms with Gasteiger partial charge in [-0.15, -0.1) is 0 Å². The van der Waals surface area contributed by atoms with Crippen LogP contribution in [0.5, 0.6) is 0 Å². The number of nitrogens with zero attached hydrogens (tertiary/aromatic N) is 2. The summed E-state index contributed by atoms with van der Waals surface area (Å²) >= 11 is 24.0. The van der Waals surface area contributed by atoms with Crippen molar-refractivity contribution in [2.45, 2.75) is 6.54 Å². The first-order valence-electron chi connectivity index (χ1n) is 10.8. The Bertz CT molecular complexity index is 1180. The Morgan fingerprint density at radius 3 is 2.26 bits per heavy atom. The summed E-state index contributed by atoms with van der Waals surface area (Å²) < 4.78 is 0. The molecule has 1 amide bonds. The Labute approximate surface area is 219 Å². The first-order valence-corrected chi connectivity index (χ1v) is 12.3. The molecule has 5 nitrogen and oxygen atoms in total. The van der Waals surface area contributed by atoms with Crippen molar-refractivity contribution in [1.29, 1.82) is 0 Å². The summed E-state index contributed by atoms with van der Waals surface area (Å²) in [6.07, 6.45) is 0. The number of carbonyl (C=O) groups excluding carboxylic acids is 1. The van der Waals surface area contributed by atoms with Gasteiger partial charge in [0.25, 0.3) is 5.91 Å². The highest BCUT2D eigenvalue weighted by Crippen LogP contribution is 2.30. The average molecular weight is 534 g/mol. The van der Waals surface area contributed by atoms with Crippen LogP contribution in [0.4, 0.5) is 11.4 Å². The number of rotatable bonds is 5. The van der Waals surface area contributed by atoms with Gasteiger partial charge in [0.05, 0.1) is 10.7 Å². The zero-order valence-electron chi connectivity index (χ0n) is 18.2. The number of halogens is 3. The van der Waals surface area contributed by atoms with E-state index in [0.29, 0.717) is 21.3 Å². The number of thiocarbonyl (C=S) groups is 1. The predicted molar refractivity (Wildman–Crippen MR) is 146 cm³/mol. The van der Waals surface area contributed by atoms with Crippen molar-refractivity contribution in [3.63, 3.8) is 0 Å². The molecule has 34 heavy (non-hydrogen) atoms. The van der Waals surface area contributed by atoms with Gasteiger partial charge in [0.2, 0.25) is 0 Å². The molecule has 0 aromatic heterocycles. The molecule has 0 atom stereocenters. The number of amides is 1. The fourth-order valence-corrected chi connectivity index (χ4v) is 4.63. The molecule has 1 aliphatic rings. The number of carbonyl (C=O) groups is 1. The third-order valence-corrected chi connectivity index (χ3v) is 6.73. The average Bonchev–Trinajstić information content (AvgIpc) is 2.82. The molecular weight excluding hydrogens is 511 g/mol. The lowest BCUT2D eigenvalue weighted by Gasteiger charge is -2.36. The Kier molecular flexibility index (Phi) is 8.29. The Balaban J connectivity index is 1.31. The van der Waals surface area contributed by atoms with Gasteiger partial charge in [-0.1, -0.05) is 53.0 Å². The molecule has 0 aliphatic carbocycles. The minimum absolute atomic E-state index is 0.192. The highest BCUT2D eigenvalue weighted by atomic mass is 35.5. The molecule has 2 N–H and O–H groups in total. The maximum atomic E-state index is 12.3. The predicted octanol–water partition coefficient (Wildman–Crippen LogP) is 6.10. The molecule has 1 saturated heterocycles. The van der Waals surface area contributed by atoms with Crippen LogP contribution in [0, 0.1) is 0 Å². The van der Waals surface area contributed by atoms with E-state index in [2.05, 4.69) is 26.5 Å². The van der Waals surface area contributed by atoms with Crippen LogP contribution >= 0.6 is 47.0 Å². The van der Waals surface area contributed by atoms with Crippen LogP contribution in [0.15, 0.2) is 66.7 Å².